The molecule has 3 rings (SSSR count). The van der Waals surface area contributed by atoms with Crippen LogP contribution < -0.4 is 5.56 Å². The van der Waals surface area contributed by atoms with E-state index in [-0.39, 0.29) is 16.2 Å². The summed E-state index contributed by atoms with van der Waals surface area (Å²) in [6.45, 7) is 1.90. The Morgan fingerprint density at radius 2 is 1.82 bits per heavy atom. The number of pyridine rings is 1. The van der Waals surface area contributed by atoms with Gasteiger partial charge in [-0.3, -0.25) is 9.36 Å². The van der Waals surface area contributed by atoms with Gasteiger partial charge in [0, 0.05) is 6.20 Å². The molecule has 0 aliphatic heterocycles. The van der Waals surface area contributed by atoms with Gasteiger partial charge in [0.05, 0.1) is 11.8 Å². The lowest BCUT2D eigenvalue weighted by molar-refractivity contribution is 0.429. The minimum atomic E-state index is -0.385. The third-order valence-electron chi connectivity index (χ3n) is 3.32. The van der Waals surface area contributed by atoms with Gasteiger partial charge in [-0.05, 0) is 42.9 Å². The van der Waals surface area contributed by atoms with Crippen molar-refractivity contribution in [1.82, 2.24) is 14.1 Å². The smallest absolute Gasteiger partial charge is 0.262 e. The zero-order valence-electron chi connectivity index (χ0n) is 11.8. The Balaban J connectivity index is 2.37. The fraction of sp³-hybridized carbons (Fsp3) is 0.0625. The lowest BCUT2D eigenvalue weighted by atomic mass is 10.2. The van der Waals surface area contributed by atoms with Crippen LogP contribution in [0.25, 0.3) is 11.5 Å². The van der Waals surface area contributed by atoms with Crippen molar-refractivity contribution in [3.05, 3.63) is 75.4 Å². The average molecular weight is 311 g/mol. The van der Waals surface area contributed by atoms with E-state index in [9.17, 15) is 9.90 Å². The van der Waals surface area contributed by atoms with Crippen LogP contribution in [-0.4, -0.2) is 19.2 Å². The Kier molecular flexibility index (Phi) is 3.60. The van der Waals surface area contributed by atoms with Crippen molar-refractivity contribution in [2.75, 3.05) is 0 Å². The summed E-state index contributed by atoms with van der Waals surface area (Å²) in [5, 5.41) is 10.1. The van der Waals surface area contributed by atoms with Gasteiger partial charge in [-0.1, -0.05) is 24.3 Å². The van der Waals surface area contributed by atoms with E-state index in [1.54, 1.807) is 24.4 Å². The summed E-state index contributed by atoms with van der Waals surface area (Å²) in [5.41, 5.74) is 1.21. The molecule has 0 spiro atoms. The number of hydrogen-bond donors (Lipinski definition) is 1. The first kappa shape index (κ1) is 14.2. The molecule has 22 heavy (non-hydrogen) atoms. The van der Waals surface area contributed by atoms with Crippen molar-refractivity contribution in [2.45, 2.75) is 6.92 Å². The molecular formula is C16H13N3O2S. The maximum atomic E-state index is 12.3. The van der Waals surface area contributed by atoms with E-state index in [4.69, 9.17) is 12.2 Å². The second-order valence-electron chi connectivity index (χ2n) is 4.77. The van der Waals surface area contributed by atoms with Gasteiger partial charge in [0.15, 0.2) is 4.77 Å². The van der Waals surface area contributed by atoms with Crippen LogP contribution in [0.15, 0.2) is 59.5 Å². The summed E-state index contributed by atoms with van der Waals surface area (Å²) < 4.78 is 2.92. The molecule has 0 aliphatic rings. The topological polar surface area (TPSA) is 60.1 Å². The average Bonchev–Trinajstić information content (AvgIpc) is 2.50. The van der Waals surface area contributed by atoms with Crippen LogP contribution in [0.1, 0.15) is 5.56 Å². The molecule has 0 aliphatic carbocycles. The largest absolute Gasteiger partial charge is 0.494 e. The Labute approximate surface area is 131 Å². The molecule has 0 unspecified atom stereocenters. The van der Waals surface area contributed by atoms with E-state index in [0.29, 0.717) is 11.5 Å². The maximum absolute atomic E-state index is 12.3. The zero-order chi connectivity index (χ0) is 15.7. The highest BCUT2D eigenvalue weighted by molar-refractivity contribution is 7.71. The quantitative estimate of drug-likeness (QED) is 0.739. The number of aromatic nitrogens is 3. The van der Waals surface area contributed by atoms with Crippen molar-refractivity contribution in [3.8, 4) is 17.4 Å². The van der Waals surface area contributed by atoms with Gasteiger partial charge >= 0.3 is 0 Å². The number of rotatable bonds is 2. The number of hydrogen-bond acceptors (Lipinski definition) is 4. The second-order valence-corrected chi connectivity index (χ2v) is 5.13. The molecule has 2 aromatic heterocycles. The predicted molar refractivity (Wildman–Crippen MR) is 86.4 cm³/mol. The SMILES string of the molecule is Cc1ccccc1-n1c(=O)cc(O)n(-c2ccccn2)c1=S. The lowest BCUT2D eigenvalue weighted by Crippen LogP contribution is -2.23. The van der Waals surface area contributed by atoms with Crippen molar-refractivity contribution in [3.63, 3.8) is 0 Å². The first-order valence-corrected chi connectivity index (χ1v) is 7.06. The highest BCUT2D eigenvalue weighted by Gasteiger charge is 2.12. The van der Waals surface area contributed by atoms with Crippen LogP contribution in [0.4, 0.5) is 0 Å². The molecule has 5 nitrogen and oxygen atoms in total. The third-order valence-corrected chi connectivity index (χ3v) is 3.68. The summed E-state index contributed by atoms with van der Waals surface area (Å²) in [7, 11) is 0. The van der Waals surface area contributed by atoms with Crippen LogP contribution in [0.2, 0.25) is 0 Å². The Morgan fingerprint density at radius 1 is 1.09 bits per heavy atom. The molecule has 6 heteroatoms. The molecule has 0 atom stereocenters. The number of aromatic hydroxyl groups is 1. The number of benzene rings is 1. The highest BCUT2D eigenvalue weighted by atomic mass is 32.1. The van der Waals surface area contributed by atoms with Crippen LogP contribution in [0.5, 0.6) is 5.88 Å². The van der Waals surface area contributed by atoms with Crippen molar-refractivity contribution < 1.29 is 5.11 Å². The standard InChI is InChI=1S/C16H13N3O2S/c1-11-6-2-3-7-12(11)18-14(20)10-15(21)19(16(18)22)13-8-4-5-9-17-13/h2-10,21H,1H3. The van der Waals surface area contributed by atoms with E-state index in [1.807, 2.05) is 31.2 Å². The van der Waals surface area contributed by atoms with Gasteiger partial charge in [-0.2, -0.15) is 0 Å². The van der Waals surface area contributed by atoms with Gasteiger partial charge in [0.2, 0.25) is 5.88 Å². The molecule has 110 valence electrons. The Morgan fingerprint density at radius 3 is 2.50 bits per heavy atom. The first-order chi connectivity index (χ1) is 10.6. The highest BCUT2D eigenvalue weighted by Crippen LogP contribution is 2.18. The summed E-state index contributed by atoms with van der Waals surface area (Å²) >= 11 is 5.42. The Bertz CT molecular complexity index is 946. The molecule has 3 aromatic rings. The minimum Gasteiger partial charge on any atom is -0.494 e. The van der Waals surface area contributed by atoms with Crippen LogP contribution in [-0.2, 0) is 0 Å². The molecule has 1 aromatic carbocycles. The van der Waals surface area contributed by atoms with E-state index in [2.05, 4.69) is 4.98 Å². The van der Waals surface area contributed by atoms with Crippen molar-refractivity contribution in [1.29, 1.82) is 0 Å². The van der Waals surface area contributed by atoms with Crippen LogP contribution >= 0.6 is 12.2 Å². The molecule has 0 saturated carbocycles. The summed E-state index contributed by atoms with van der Waals surface area (Å²) in [4.78, 5) is 16.5. The maximum Gasteiger partial charge on any atom is 0.262 e. The molecule has 1 N–H and O–H groups in total. The fourth-order valence-corrected chi connectivity index (χ4v) is 2.64. The summed E-state index contributed by atoms with van der Waals surface area (Å²) in [6, 6.07) is 13.8. The summed E-state index contributed by atoms with van der Waals surface area (Å²) in [6.07, 6.45) is 1.60. The first-order valence-electron chi connectivity index (χ1n) is 6.65. The van der Waals surface area contributed by atoms with Gasteiger partial charge in [0.25, 0.3) is 5.56 Å². The Hall–Kier alpha value is -2.73. The third kappa shape index (κ3) is 2.33. The number of aryl methyl sites for hydroxylation is 1. The normalized spacial score (nSPS) is 10.6. The molecule has 0 fully saturated rings. The van der Waals surface area contributed by atoms with Gasteiger partial charge < -0.3 is 5.11 Å². The molecule has 0 bridgehead atoms. The molecule has 2 heterocycles. The van der Waals surface area contributed by atoms with Crippen molar-refractivity contribution in [2.24, 2.45) is 0 Å². The molecule has 0 saturated heterocycles. The second kappa shape index (κ2) is 5.57. The van der Waals surface area contributed by atoms with Gasteiger partial charge in [-0.15, -0.1) is 0 Å². The van der Waals surface area contributed by atoms with E-state index in [1.165, 1.54) is 9.13 Å². The van der Waals surface area contributed by atoms with Crippen LogP contribution in [0, 0.1) is 11.7 Å². The summed E-state index contributed by atoms with van der Waals surface area (Å²) in [5.74, 6) is 0.214. The lowest BCUT2D eigenvalue weighted by Gasteiger charge is -2.14. The van der Waals surface area contributed by atoms with E-state index < -0.39 is 0 Å². The molecule has 0 radical (unpaired) electrons. The fourth-order valence-electron chi connectivity index (χ4n) is 2.27. The monoisotopic (exact) mass is 311 g/mol. The van der Waals surface area contributed by atoms with Gasteiger partial charge in [0.1, 0.15) is 5.82 Å². The van der Waals surface area contributed by atoms with E-state index in [0.717, 1.165) is 11.6 Å². The predicted octanol–water partition coefficient (Wildman–Crippen LogP) is 2.77. The number of para-hydroxylation sites is 1. The van der Waals surface area contributed by atoms with Crippen molar-refractivity contribution >= 4 is 12.2 Å². The zero-order valence-corrected chi connectivity index (χ0v) is 12.6. The number of nitrogens with zero attached hydrogens (tertiary/aromatic N) is 3. The molecular weight excluding hydrogens is 298 g/mol. The minimum absolute atomic E-state index is 0.165. The van der Waals surface area contributed by atoms with E-state index >= 15 is 0 Å². The van der Waals surface area contributed by atoms with Gasteiger partial charge in [-0.25, -0.2) is 9.55 Å². The molecule has 0 amide bonds. The van der Waals surface area contributed by atoms with Crippen LogP contribution in [0.3, 0.4) is 0 Å².